The summed E-state index contributed by atoms with van der Waals surface area (Å²) in [6.07, 6.45) is 0. The molecule has 0 unspecified atom stereocenters. The van der Waals surface area contributed by atoms with Gasteiger partial charge in [0.25, 0.3) is 5.91 Å². The first-order valence-electron chi connectivity index (χ1n) is 7.40. The Morgan fingerprint density at radius 3 is 2.59 bits per heavy atom. The molecule has 2 aromatic rings. The van der Waals surface area contributed by atoms with Crippen LogP contribution in [0.3, 0.4) is 0 Å². The molecule has 5 nitrogen and oxygen atoms in total. The van der Waals surface area contributed by atoms with Gasteiger partial charge in [-0.3, -0.25) is 4.79 Å². The van der Waals surface area contributed by atoms with Crippen LogP contribution in [-0.4, -0.2) is 21.9 Å². The van der Waals surface area contributed by atoms with Crippen LogP contribution in [0.25, 0.3) is 0 Å². The highest BCUT2D eigenvalue weighted by Gasteiger charge is 2.11. The Balaban J connectivity index is 2.13. The van der Waals surface area contributed by atoms with Gasteiger partial charge in [0.1, 0.15) is 5.69 Å². The summed E-state index contributed by atoms with van der Waals surface area (Å²) in [4.78, 5) is 20.7. The van der Waals surface area contributed by atoms with Crippen molar-refractivity contribution in [2.75, 3.05) is 5.32 Å². The number of anilines is 1. The molecule has 1 aromatic carbocycles. The number of benzene rings is 1. The summed E-state index contributed by atoms with van der Waals surface area (Å²) in [7, 11) is 0. The minimum atomic E-state index is -0.181. The van der Waals surface area contributed by atoms with Crippen molar-refractivity contribution in [3.05, 3.63) is 52.8 Å². The Bertz CT molecular complexity index is 667. The Morgan fingerprint density at radius 2 is 1.91 bits per heavy atom. The Morgan fingerprint density at radius 1 is 1.18 bits per heavy atom. The van der Waals surface area contributed by atoms with Crippen LogP contribution in [0.15, 0.2) is 30.3 Å². The van der Waals surface area contributed by atoms with E-state index in [1.165, 1.54) is 11.1 Å². The highest BCUT2D eigenvalue weighted by molar-refractivity contribution is 5.92. The highest BCUT2D eigenvalue weighted by atomic mass is 16.1. The molecule has 0 bridgehead atoms. The van der Waals surface area contributed by atoms with Crippen LogP contribution in [-0.2, 0) is 6.54 Å². The predicted molar refractivity (Wildman–Crippen MR) is 87.9 cm³/mol. The number of hydrogen-bond donors (Lipinski definition) is 2. The Labute approximate surface area is 131 Å². The molecule has 1 aromatic heterocycles. The quantitative estimate of drug-likeness (QED) is 0.890. The number of hydrogen-bond acceptors (Lipinski definition) is 4. The van der Waals surface area contributed by atoms with Gasteiger partial charge >= 0.3 is 0 Å². The molecule has 0 saturated heterocycles. The maximum atomic E-state index is 12.1. The normalized spacial score (nSPS) is 10.6. The van der Waals surface area contributed by atoms with Crippen molar-refractivity contribution in [2.45, 2.75) is 40.3 Å². The Hall–Kier alpha value is -2.43. The summed E-state index contributed by atoms with van der Waals surface area (Å²) >= 11 is 0. The number of aryl methyl sites for hydroxylation is 2. The van der Waals surface area contributed by atoms with Crippen LogP contribution in [0.5, 0.6) is 0 Å². The van der Waals surface area contributed by atoms with Crippen molar-refractivity contribution in [3.8, 4) is 0 Å². The zero-order chi connectivity index (χ0) is 16.1. The molecule has 0 aliphatic carbocycles. The van der Waals surface area contributed by atoms with Gasteiger partial charge in [-0.25, -0.2) is 9.97 Å². The van der Waals surface area contributed by atoms with Gasteiger partial charge in [0.05, 0.1) is 0 Å². The smallest absolute Gasteiger partial charge is 0.270 e. The fourth-order valence-corrected chi connectivity index (χ4v) is 2.08. The average Bonchev–Trinajstić information content (AvgIpc) is 2.45. The van der Waals surface area contributed by atoms with E-state index in [9.17, 15) is 4.79 Å². The number of rotatable bonds is 5. The van der Waals surface area contributed by atoms with E-state index in [2.05, 4.69) is 39.7 Å². The summed E-state index contributed by atoms with van der Waals surface area (Å²) in [6.45, 7) is 8.39. The summed E-state index contributed by atoms with van der Waals surface area (Å²) in [5.41, 5.74) is 3.53. The minimum absolute atomic E-state index is 0.0751. The molecule has 2 N–H and O–H groups in total. The molecule has 0 saturated carbocycles. The molecule has 1 amide bonds. The molecular formula is C17H22N4O. The second kappa shape index (κ2) is 7.02. The van der Waals surface area contributed by atoms with Crippen LogP contribution in [0, 0.1) is 13.8 Å². The molecule has 116 valence electrons. The number of nitrogens with one attached hydrogen (secondary N) is 2. The van der Waals surface area contributed by atoms with Crippen LogP contribution in [0.1, 0.15) is 41.2 Å². The average molecular weight is 298 g/mol. The zero-order valence-electron chi connectivity index (χ0n) is 13.5. The first-order chi connectivity index (χ1) is 10.5. The van der Waals surface area contributed by atoms with Crippen molar-refractivity contribution < 1.29 is 4.79 Å². The van der Waals surface area contributed by atoms with E-state index in [0.717, 1.165) is 5.69 Å². The second-order valence-electron chi connectivity index (χ2n) is 5.63. The standard InChI is InChI=1S/C17H22N4O/c1-11(2)19-16(22)15-9-13(4)20-17(21-15)18-10-14-8-6-5-7-12(14)3/h5-9,11H,10H2,1-4H3,(H,19,22)(H,18,20,21). The molecule has 0 atom stereocenters. The van der Waals surface area contributed by atoms with Crippen LogP contribution in [0.2, 0.25) is 0 Å². The third kappa shape index (κ3) is 4.28. The lowest BCUT2D eigenvalue weighted by Crippen LogP contribution is -2.31. The van der Waals surface area contributed by atoms with Crippen molar-refractivity contribution >= 4 is 11.9 Å². The number of amides is 1. The van der Waals surface area contributed by atoms with Crippen molar-refractivity contribution in [2.24, 2.45) is 0 Å². The molecule has 1 heterocycles. The monoisotopic (exact) mass is 298 g/mol. The maximum Gasteiger partial charge on any atom is 0.270 e. The van der Waals surface area contributed by atoms with E-state index in [0.29, 0.717) is 18.2 Å². The van der Waals surface area contributed by atoms with Crippen LogP contribution < -0.4 is 10.6 Å². The molecule has 5 heteroatoms. The van der Waals surface area contributed by atoms with Crippen molar-refractivity contribution in [1.82, 2.24) is 15.3 Å². The van der Waals surface area contributed by atoms with E-state index < -0.39 is 0 Å². The van der Waals surface area contributed by atoms with E-state index in [4.69, 9.17) is 0 Å². The number of carbonyl (C=O) groups is 1. The SMILES string of the molecule is Cc1cc(C(=O)NC(C)C)nc(NCc2ccccc2C)n1. The number of aromatic nitrogens is 2. The number of carbonyl (C=O) groups excluding carboxylic acids is 1. The maximum absolute atomic E-state index is 12.1. The van der Waals surface area contributed by atoms with Gasteiger partial charge in [-0.1, -0.05) is 24.3 Å². The van der Waals surface area contributed by atoms with E-state index in [1.807, 2.05) is 32.9 Å². The zero-order valence-corrected chi connectivity index (χ0v) is 13.5. The first kappa shape index (κ1) is 15.9. The lowest BCUT2D eigenvalue weighted by atomic mass is 10.1. The molecule has 0 aliphatic rings. The van der Waals surface area contributed by atoms with Crippen LogP contribution >= 0.6 is 0 Å². The third-order valence-electron chi connectivity index (χ3n) is 3.20. The number of nitrogens with zero attached hydrogens (tertiary/aromatic N) is 2. The van der Waals surface area contributed by atoms with Gasteiger partial charge in [-0.15, -0.1) is 0 Å². The van der Waals surface area contributed by atoms with Crippen molar-refractivity contribution in [3.63, 3.8) is 0 Å². The summed E-state index contributed by atoms with van der Waals surface area (Å²) in [5, 5.41) is 6.03. The lowest BCUT2D eigenvalue weighted by Gasteiger charge is -2.11. The van der Waals surface area contributed by atoms with E-state index >= 15 is 0 Å². The second-order valence-corrected chi connectivity index (χ2v) is 5.63. The summed E-state index contributed by atoms with van der Waals surface area (Å²) in [5.74, 6) is 0.289. The first-order valence-corrected chi connectivity index (χ1v) is 7.40. The van der Waals surface area contributed by atoms with Crippen LogP contribution in [0.4, 0.5) is 5.95 Å². The molecule has 0 fully saturated rings. The fraction of sp³-hybridized carbons (Fsp3) is 0.353. The molecule has 2 rings (SSSR count). The summed E-state index contributed by atoms with van der Waals surface area (Å²) in [6, 6.07) is 9.90. The fourth-order valence-electron chi connectivity index (χ4n) is 2.08. The minimum Gasteiger partial charge on any atom is -0.350 e. The molecule has 0 aliphatic heterocycles. The van der Waals surface area contributed by atoms with Gasteiger partial charge < -0.3 is 10.6 Å². The highest BCUT2D eigenvalue weighted by Crippen LogP contribution is 2.10. The van der Waals surface area contributed by atoms with Gasteiger partial charge in [-0.2, -0.15) is 0 Å². The third-order valence-corrected chi connectivity index (χ3v) is 3.20. The van der Waals surface area contributed by atoms with Gasteiger partial charge in [0, 0.05) is 18.3 Å². The van der Waals surface area contributed by atoms with Gasteiger partial charge in [0.15, 0.2) is 0 Å². The largest absolute Gasteiger partial charge is 0.350 e. The summed E-state index contributed by atoms with van der Waals surface area (Å²) < 4.78 is 0. The van der Waals surface area contributed by atoms with Gasteiger partial charge in [0.2, 0.25) is 5.95 Å². The van der Waals surface area contributed by atoms with E-state index in [-0.39, 0.29) is 11.9 Å². The Kier molecular flexibility index (Phi) is 5.09. The predicted octanol–water partition coefficient (Wildman–Crippen LogP) is 2.84. The van der Waals surface area contributed by atoms with Gasteiger partial charge in [-0.05, 0) is 44.9 Å². The lowest BCUT2D eigenvalue weighted by molar-refractivity contribution is 0.0938. The molecule has 0 radical (unpaired) electrons. The molecule has 0 spiro atoms. The topological polar surface area (TPSA) is 66.9 Å². The molecule has 22 heavy (non-hydrogen) atoms. The van der Waals surface area contributed by atoms with Crippen molar-refractivity contribution in [1.29, 1.82) is 0 Å². The van der Waals surface area contributed by atoms with E-state index in [1.54, 1.807) is 6.07 Å². The molecular weight excluding hydrogens is 276 g/mol.